The number of esters is 1. The number of carbonyl (C=O) groups is 3. The number of anilines is 1. The number of oxazole rings is 1. The highest BCUT2D eigenvalue weighted by molar-refractivity contribution is 5.97. The van der Waals surface area contributed by atoms with Gasteiger partial charge in [-0.2, -0.15) is 0 Å². The number of carbonyl (C=O) groups excluding carboxylic acids is 3. The normalized spacial score (nSPS) is 24.5. The van der Waals surface area contributed by atoms with E-state index in [4.69, 9.17) is 13.9 Å². The SMILES string of the molecule is COC(=O)[C@H](CO)NC(=O)c1nc2oc1C13c4ccccc4N[C@H]1Oc1ccc(cc13)C[C@H](C)C(=O)N[C@H]2C(C)C. The van der Waals surface area contributed by atoms with Gasteiger partial charge in [0.25, 0.3) is 5.91 Å². The van der Waals surface area contributed by atoms with Crippen LogP contribution in [0.2, 0.25) is 0 Å². The zero-order valence-electron chi connectivity index (χ0n) is 23.2. The van der Waals surface area contributed by atoms with E-state index in [0.717, 1.165) is 22.4 Å². The minimum Gasteiger partial charge on any atom is -0.469 e. The molecule has 3 aliphatic heterocycles. The summed E-state index contributed by atoms with van der Waals surface area (Å²) in [6, 6.07) is 11.6. The van der Waals surface area contributed by atoms with Gasteiger partial charge in [0, 0.05) is 17.2 Å². The molecule has 0 aliphatic carbocycles. The molecule has 5 atom stereocenters. The van der Waals surface area contributed by atoms with Crippen molar-refractivity contribution in [2.24, 2.45) is 11.8 Å². The Morgan fingerprint density at radius 2 is 1.98 bits per heavy atom. The topological polar surface area (TPSA) is 152 Å². The molecule has 11 nitrogen and oxygen atoms in total. The van der Waals surface area contributed by atoms with Crippen molar-refractivity contribution >= 4 is 23.5 Å². The number of hydrogen-bond acceptors (Lipinski definition) is 9. The number of nitrogens with one attached hydrogen (secondary N) is 3. The van der Waals surface area contributed by atoms with Crippen LogP contribution in [0.5, 0.6) is 5.75 Å². The van der Waals surface area contributed by atoms with Crippen LogP contribution in [0.4, 0.5) is 5.69 Å². The highest BCUT2D eigenvalue weighted by Gasteiger charge is 2.61. The Hall–Kier alpha value is -4.38. The van der Waals surface area contributed by atoms with E-state index in [9.17, 15) is 19.5 Å². The van der Waals surface area contributed by atoms with E-state index < -0.39 is 42.2 Å². The predicted molar refractivity (Wildman–Crippen MR) is 146 cm³/mol. The highest BCUT2D eigenvalue weighted by Crippen LogP contribution is 2.58. The van der Waals surface area contributed by atoms with Crippen LogP contribution in [-0.4, -0.2) is 53.9 Å². The third kappa shape index (κ3) is 4.06. The van der Waals surface area contributed by atoms with Crippen molar-refractivity contribution in [3.8, 4) is 5.75 Å². The second kappa shape index (κ2) is 9.91. The summed E-state index contributed by atoms with van der Waals surface area (Å²) in [6.07, 6.45) is -0.171. The molecule has 4 N–H and O–H groups in total. The second-order valence-corrected chi connectivity index (χ2v) is 11.1. The number of hydrogen-bond donors (Lipinski definition) is 4. The summed E-state index contributed by atoms with van der Waals surface area (Å²) in [5, 5.41) is 18.9. The van der Waals surface area contributed by atoms with Gasteiger partial charge in [-0.25, -0.2) is 9.78 Å². The largest absolute Gasteiger partial charge is 0.469 e. The first-order valence-corrected chi connectivity index (χ1v) is 13.7. The quantitative estimate of drug-likeness (QED) is 0.345. The number of para-hydroxylation sites is 1. The summed E-state index contributed by atoms with van der Waals surface area (Å²) in [6.45, 7) is 5.05. The van der Waals surface area contributed by atoms with E-state index >= 15 is 0 Å². The minimum absolute atomic E-state index is 0.0834. The van der Waals surface area contributed by atoms with E-state index in [2.05, 4.69) is 20.9 Å². The van der Waals surface area contributed by atoms with E-state index in [1.54, 1.807) is 0 Å². The van der Waals surface area contributed by atoms with E-state index in [1.165, 1.54) is 7.11 Å². The summed E-state index contributed by atoms with van der Waals surface area (Å²) < 4.78 is 17.8. The van der Waals surface area contributed by atoms with Gasteiger partial charge < -0.3 is 34.9 Å². The molecule has 214 valence electrons. The Kier molecular flexibility index (Phi) is 6.49. The predicted octanol–water partition coefficient (Wildman–Crippen LogP) is 2.42. The van der Waals surface area contributed by atoms with Crippen molar-refractivity contribution in [2.75, 3.05) is 19.0 Å². The van der Waals surface area contributed by atoms with Crippen LogP contribution in [0.15, 0.2) is 46.9 Å². The molecule has 3 aliphatic rings. The third-order valence-corrected chi connectivity index (χ3v) is 8.16. The van der Waals surface area contributed by atoms with Gasteiger partial charge in [-0.05, 0) is 35.6 Å². The van der Waals surface area contributed by atoms with Gasteiger partial charge >= 0.3 is 5.97 Å². The Morgan fingerprint density at radius 3 is 2.71 bits per heavy atom. The highest BCUT2D eigenvalue weighted by atomic mass is 16.5. The fourth-order valence-electron chi connectivity index (χ4n) is 6.05. The first kappa shape index (κ1) is 26.8. The standard InChI is InChI=1S/C30H32N4O7/c1-14(2)22-27-34-23(26(37)31-20(13-35)28(38)39-4)24(41-27)30-17-7-5-6-8-19(17)32-29(30)40-21-10-9-16(12-18(21)30)11-15(3)25(36)33-22/h5-10,12,14-15,20,22,29,32,35H,11,13H2,1-4H3,(H,31,37)(H,33,36)/t15-,20-,22-,29-,30?/m0/s1. The Bertz CT molecular complexity index is 1550. The van der Waals surface area contributed by atoms with Crippen molar-refractivity contribution in [1.82, 2.24) is 15.6 Å². The fourth-order valence-corrected chi connectivity index (χ4v) is 6.05. The van der Waals surface area contributed by atoms with Crippen LogP contribution in [-0.2, 0) is 26.2 Å². The molecule has 11 heteroatoms. The molecule has 6 rings (SSSR count). The van der Waals surface area contributed by atoms with Crippen molar-refractivity contribution < 1.29 is 33.4 Å². The lowest BCUT2D eigenvalue weighted by Gasteiger charge is -2.28. The zero-order valence-corrected chi connectivity index (χ0v) is 23.2. The summed E-state index contributed by atoms with van der Waals surface area (Å²) in [4.78, 5) is 44.1. The lowest BCUT2D eigenvalue weighted by Crippen LogP contribution is -2.46. The molecule has 3 aromatic rings. The minimum atomic E-state index is -1.31. The van der Waals surface area contributed by atoms with Crippen LogP contribution in [0.1, 0.15) is 65.6 Å². The van der Waals surface area contributed by atoms with Crippen molar-refractivity contribution in [2.45, 2.75) is 50.9 Å². The van der Waals surface area contributed by atoms with Crippen LogP contribution < -0.4 is 20.7 Å². The maximum atomic E-state index is 13.9. The number of amides is 2. The molecule has 4 bridgehead atoms. The molecule has 0 fully saturated rings. The number of ether oxygens (including phenoxy) is 2. The van der Waals surface area contributed by atoms with E-state index in [-0.39, 0.29) is 35.1 Å². The molecular weight excluding hydrogens is 528 g/mol. The van der Waals surface area contributed by atoms with Gasteiger partial charge in [0.15, 0.2) is 23.7 Å². The lowest BCUT2D eigenvalue weighted by molar-refractivity contribution is -0.143. The molecular formula is C30H32N4O7. The molecule has 1 spiro atoms. The van der Waals surface area contributed by atoms with Gasteiger partial charge in [-0.15, -0.1) is 0 Å². The number of rotatable bonds is 5. The van der Waals surface area contributed by atoms with Crippen molar-refractivity contribution in [3.05, 3.63) is 76.5 Å². The number of fused-ring (bicyclic) bond motifs is 4. The van der Waals surface area contributed by atoms with Gasteiger partial charge in [-0.3, -0.25) is 9.59 Å². The number of nitrogens with zero attached hydrogens (tertiary/aromatic N) is 1. The van der Waals surface area contributed by atoms with Crippen LogP contribution in [0.3, 0.4) is 0 Å². The maximum absolute atomic E-state index is 13.9. The lowest BCUT2D eigenvalue weighted by atomic mass is 9.72. The number of aromatic nitrogens is 1. The molecule has 2 amide bonds. The van der Waals surface area contributed by atoms with Crippen LogP contribution in [0.25, 0.3) is 0 Å². The molecule has 41 heavy (non-hydrogen) atoms. The number of aliphatic hydroxyl groups excluding tert-OH is 1. The summed E-state index contributed by atoms with van der Waals surface area (Å²) >= 11 is 0. The molecule has 4 heterocycles. The van der Waals surface area contributed by atoms with Crippen LogP contribution >= 0.6 is 0 Å². The van der Waals surface area contributed by atoms with E-state index in [1.807, 2.05) is 63.2 Å². The molecule has 1 unspecified atom stereocenters. The number of methoxy groups -OCH3 is 1. The van der Waals surface area contributed by atoms with Crippen LogP contribution in [0, 0.1) is 11.8 Å². The Labute approximate surface area is 236 Å². The Balaban J connectivity index is 1.64. The monoisotopic (exact) mass is 560 g/mol. The first-order valence-electron chi connectivity index (χ1n) is 13.7. The zero-order chi connectivity index (χ0) is 29.1. The van der Waals surface area contributed by atoms with Gasteiger partial charge in [0.1, 0.15) is 17.2 Å². The molecule has 0 saturated carbocycles. The summed E-state index contributed by atoms with van der Waals surface area (Å²) in [5.74, 6) is -1.21. The third-order valence-electron chi connectivity index (χ3n) is 8.16. The smallest absolute Gasteiger partial charge is 0.330 e. The van der Waals surface area contributed by atoms with Crippen molar-refractivity contribution in [3.63, 3.8) is 0 Å². The van der Waals surface area contributed by atoms with Crippen molar-refractivity contribution in [1.29, 1.82) is 0 Å². The van der Waals surface area contributed by atoms with Gasteiger partial charge in [0.05, 0.1) is 13.7 Å². The molecule has 2 aromatic carbocycles. The number of aliphatic hydroxyl groups is 1. The Morgan fingerprint density at radius 1 is 1.20 bits per heavy atom. The fraction of sp³-hybridized carbons (Fsp3) is 0.400. The summed E-state index contributed by atoms with van der Waals surface area (Å²) in [7, 11) is 1.17. The second-order valence-electron chi connectivity index (χ2n) is 11.1. The number of benzene rings is 2. The molecule has 0 saturated heterocycles. The maximum Gasteiger partial charge on any atom is 0.330 e. The molecule has 0 radical (unpaired) electrons. The van der Waals surface area contributed by atoms with Gasteiger partial charge in [0.2, 0.25) is 11.8 Å². The molecule has 1 aromatic heterocycles. The summed E-state index contributed by atoms with van der Waals surface area (Å²) in [5.41, 5.74) is 2.15. The van der Waals surface area contributed by atoms with Gasteiger partial charge in [-0.1, -0.05) is 51.1 Å². The van der Waals surface area contributed by atoms with E-state index in [0.29, 0.717) is 12.2 Å². The average molecular weight is 561 g/mol. The average Bonchev–Trinajstić information content (AvgIpc) is 3.62. The first-order chi connectivity index (χ1) is 19.7.